The summed E-state index contributed by atoms with van der Waals surface area (Å²) in [4.78, 5) is 4.41. The van der Waals surface area contributed by atoms with Crippen molar-refractivity contribution in [2.75, 3.05) is 13.6 Å². The van der Waals surface area contributed by atoms with E-state index >= 15 is 0 Å². The molecule has 0 saturated heterocycles. The molecule has 0 fully saturated rings. The van der Waals surface area contributed by atoms with E-state index in [4.69, 9.17) is 0 Å². The highest BCUT2D eigenvalue weighted by molar-refractivity contribution is 9.10. The van der Waals surface area contributed by atoms with Crippen LogP contribution in [0, 0.1) is 11.7 Å². The Balaban J connectivity index is 2.05. The maximum absolute atomic E-state index is 13.2. The lowest BCUT2D eigenvalue weighted by Crippen LogP contribution is -2.23. The molecule has 0 aliphatic rings. The minimum absolute atomic E-state index is 0.174. The molecule has 0 amide bonds. The Morgan fingerprint density at radius 3 is 2.75 bits per heavy atom. The van der Waals surface area contributed by atoms with Crippen LogP contribution in [0.3, 0.4) is 0 Å². The Labute approximate surface area is 127 Å². The third-order valence-electron chi connectivity index (χ3n) is 3.19. The molecule has 0 aliphatic heterocycles. The summed E-state index contributed by atoms with van der Waals surface area (Å²) in [5.74, 6) is 0.225. The van der Waals surface area contributed by atoms with Crippen molar-refractivity contribution in [2.45, 2.75) is 12.8 Å². The summed E-state index contributed by atoms with van der Waals surface area (Å²) in [5.41, 5.74) is 2.09. The van der Waals surface area contributed by atoms with Gasteiger partial charge in [-0.25, -0.2) is 4.39 Å². The lowest BCUT2D eigenvalue weighted by molar-refractivity contribution is 0.486. The molecule has 2 rings (SSSR count). The highest BCUT2D eigenvalue weighted by Crippen LogP contribution is 2.15. The summed E-state index contributed by atoms with van der Waals surface area (Å²) in [6.07, 6.45) is 3.54. The fourth-order valence-corrected chi connectivity index (χ4v) is 2.56. The van der Waals surface area contributed by atoms with Crippen LogP contribution in [0.4, 0.5) is 4.39 Å². The minimum Gasteiger partial charge on any atom is -0.319 e. The molecule has 1 N–H and O–H groups in total. The number of hydrogen-bond acceptors (Lipinski definition) is 2. The Morgan fingerprint density at radius 2 is 2.10 bits per heavy atom. The zero-order valence-electron chi connectivity index (χ0n) is 11.4. The van der Waals surface area contributed by atoms with Gasteiger partial charge >= 0.3 is 0 Å². The van der Waals surface area contributed by atoms with E-state index in [0.717, 1.165) is 35.1 Å². The van der Waals surface area contributed by atoms with E-state index in [1.807, 2.05) is 31.4 Å². The van der Waals surface area contributed by atoms with Gasteiger partial charge in [0, 0.05) is 16.4 Å². The number of benzene rings is 1. The Kier molecular flexibility index (Phi) is 5.68. The molecule has 1 heterocycles. The van der Waals surface area contributed by atoms with Crippen molar-refractivity contribution in [1.82, 2.24) is 10.3 Å². The molecule has 1 aromatic heterocycles. The van der Waals surface area contributed by atoms with Crippen molar-refractivity contribution in [2.24, 2.45) is 5.92 Å². The molecule has 0 spiro atoms. The molecular formula is C16H18BrFN2. The van der Waals surface area contributed by atoms with Crippen LogP contribution in [0.2, 0.25) is 0 Å². The fourth-order valence-electron chi connectivity index (χ4n) is 2.33. The van der Waals surface area contributed by atoms with Crippen LogP contribution in [0.25, 0.3) is 0 Å². The van der Waals surface area contributed by atoms with E-state index in [1.165, 1.54) is 6.07 Å². The van der Waals surface area contributed by atoms with E-state index in [1.54, 1.807) is 12.1 Å². The van der Waals surface area contributed by atoms with Crippen molar-refractivity contribution in [3.05, 3.63) is 64.1 Å². The second kappa shape index (κ2) is 7.50. The van der Waals surface area contributed by atoms with Crippen molar-refractivity contribution >= 4 is 15.9 Å². The van der Waals surface area contributed by atoms with Crippen molar-refractivity contribution < 1.29 is 4.39 Å². The van der Waals surface area contributed by atoms with Gasteiger partial charge in [0.25, 0.3) is 0 Å². The average molecular weight is 337 g/mol. The smallest absolute Gasteiger partial charge is 0.123 e. The first-order valence-corrected chi connectivity index (χ1v) is 7.46. The van der Waals surface area contributed by atoms with Crippen LogP contribution in [-0.4, -0.2) is 18.6 Å². The third kappa shape index (κ3) is 4.69. The topological polar surface area (TPSA) is 24.9 Å². The number of nitrogens with one attached hydrogen (secondary N) is 1. The quantitative estimate of drug-likeness (QED) is 0.871. The van der Waals surface area contributed by atoms with Crippen LogP contribution in [0.1, 0.15) is 11.3 Å². The molecule has 0 radical (unpaired) electrons. The molecule has 1 unspecified atom stereocenters. The van der Waals surface area contributed by atoms with Crippen molar-refractivity contribution in [3.8, 4) is 0 Å². The Bertz CT molecular complexity index is 542. The van der Waals surface area contributed by atoms with Crippen molar-refractivity contribution in [1.29, 1.82) is 0 Å². The minimum atomic E-state index is -0.174. The van der Waals surface area contributed by atoms with Gasteiger partial charge in [0.1, 0.15) is 5.82 Å². The van der Waals surface area contributed by atoms with Gasteiger partial charge < -0.3 is 5.32 Å². The molecule has 4 heteroatoms. The summed E-state index contributed by atoms with van der Waals surface area (Å²) < 4.78 is 14.2. The lowest BCUT2D eigenvalue weighted by atomic mass is 9.94. The van der Waals surface area contributed by atoms with Crippen LogP contribution in [0.5, 0.6) is 0 Å². The Hall–Kier alpha value is -1.26. The van der Waals surface area contributed by atoms with Gasteiger partial charge in [-0.1, -0.05) is 12.1 Å². The number of halogens is 2. The zero-order valence-corrected chi connectivity index (χ0v) is 13.0. The van der Waals surface area contributed by atoms with Crippen LogP contribution in [0.15, 0.2) is 47.1 Å². The Morgan fingerprint density at radius 1 is 1.25 bits per heavy atom. The molecule has 20 heavy (non-hydrogen) atoms. The van der Waals surface area contributed by atoms with Gasteiger partial charge in [-0.2, -0.15) is 0 Å². The summed E-state index contributed by atoms with van der Waals surface area (Å²) in [6, 6.07) is 10.9. The van der Waals surface area contributed by atoms with Gasteiger partial charge in [-0.15, -0.1) is 0 Å². The highest BCUT2D eigenvalue weighted by atomic mass is 79.9. The zero-order chi connectivity index (χ0) is 14.4. The molecule has 2 nitrogen and oxygen atoms in total. The van der Waals surface area contributed by atoms with E-state index < -0.39 is 0 Å². The van der Waals surface area contributed by atoms with E-state index in [0.29, 0.717) is 5.92 Å². The van der Waals surface area contributed by atoms with E-state index in [-0.39, 0.29) is 5.82 Å². The summed E-state index contributed by atoms with van der Waals surface area (Å²) in [5, 5.41) is 3.20. The van der Waals surface area contributed by atoms with Crippen molar-refractivity contribution in [3.63, 3.8) is 0 Å². The van der Waals surface area contributed by atoms with Gasteiger partial charge in [-0.3, -0.25) is 4.98 Å². The molecule has 1 aromatic carbocycles. The normalized spacial score (nSPS) is 12.3. The number of rotatable bonds is 6. The second-order valence-corrected chi connectivity index (χ2v) is 5.85. The van der Waals surface area contributed by atoms with Gasteiger partial charge in [0.2, 0.25) is 0 Å². The second-order valence-electron chi connectivity index (χ2n) is 4.93. The maximum Gasteiger partial charge on any atom is 0.123 e. The van der Waals surface area contributed by atoms with Gasteiger partial charge in [-0.05, 0) is 78.1 Å². The molecule has 1 atom stereocenters. The van der Waals surface area contributed by atoms with Gasteiger partial charge in [0.05, 0.1) is 0 Å². The number of aromatic nitrogens is 1. The number of nitrogens with zero attached hydrogens (tertiary/aromatic N) is 1. The average Bonchev–Trinajstić information content (AvgIpc) is 2.42. The van der Waals surface area contributed by atoms with E-state index in [9.17, 15) is 4.39 Å². The summed E-state index contributed by atoms with van der Waals surface area (Å²) in [6.45, 7) is 0.883. The number of hydrogen-bond donors (Lipinski definition) is 1. The van der Waals surface area contributed by atoms with Crippen LogP contribution >= 0.6 is 15.9 Å². The lowest BCUT2D eigenvalue weighted by Gasteiger charge is -2.16. The maximum atomic E-state index is 13.2. The first-order chi connectivity index (χ1) is 9.67. The predicted molar refractivity (Wildman–Crippen MR) is 83.2 cm³/mol. The highest BCUT2D eigenvalue weighted by Gasteiger charge is 2.11. The number of pyridine rings is 1. The first kappa shape index (κ1) is 15.1. The fraction of sp³-hybridized carbons (Fsp3) is 0.312. The molecule has 0 bridgehead atoms. The molecule has 106 valence electrons. The third-order valence-corrected chi connectivity index (χ3v) is 3.66. The molecule has 0 saturated carbocycles. The SMILES string of the molecule is CNCC(Cc1cccc(F)c1)Cc1ccc(Br)cn1. The summed E-state index contributed by atoms with van der Waals surface area (Å²) in [7, 11) is 1.94. The molecular weight excluding hydrogens is 319 g/mol. The summed E-state index contributed by atoms with van der Waals surface area (Å²) >= 11 is 3.39. The van der Waals surface area contributed by atoms with Crippen LogP contribution in [-0.2, 0) is 12.8 Å². The van der Waals surface area contributed by atoms with Gasteiger partial charge in [0.15, 0.2) is 0 Å². The largest absolute Gasteiger partial charge is 0.319 e. The first-order valence-electron chi connectivity index (χ1n) is 6.67. The standard InChI is InChI=1S/C16H18BrFN2/c1-19-10-13(7-12-3-2-4-15(18)8-12)9-16-6-5-14(17)11-20-16/h2-6,8,11,13,19H,7,9-10H2,1H3. The predicted octanol–water partition coefficient (Wildman–Crippen LogP) is 3.60. The molecule has 0 aliphatic carbocycles. The van der Waals surface area contributed by atoms with Crippen LogP contribution < -0.4 is 5.32 Å². The van der Waals surface area contributed by atoms with E-state index in [2.05, 4.69) is 26.2 Å². The molecule has 2 aromatic rings. The monoisotopic (exact) mass is 336 g/mol.